The van der Waals surface area contributed by atoms with E-state index in [0.717, 1.165) is 6.42 Å². The molecule has 96 valence electrons. The third-order valence-electron chi connectivity index (χ3n) is 2.39. The van der Waals surface area contributed by atoms with Gasteiger partial charge in [0.2, 0.25) is 5.82 Å². The first-order chi connectivity index (χ1) is 7.97. The SMILES string of the molecule is CCCn1nc(C)c([N+](=O)[O-])c1NCC(C)C. The molecule has 1 aromatic heterocycles. The molecule has 0 unspecified atom stereocenters. The number of hydrogen-bond donors (Lipinski definition) is 1. The summed E-state index contributed by atoms with van der Waals surface area (Å²) in [6, 6.07) is 0. The highest BCUT2D eigenvalue weighted by molar-refractivity contribution is 5.59. The van der Waals surface area contributed by atoms with Crippen molar-refractivity contribution in [1.82, 2.24) is 9.78 Å². The Bertz CT molecular complexity index is 398. The lowest BCUT2D eigenvalue weighted by Crippen LogP contribution is -2.13. The third-order valence-corrected chi connectivity index (χ3v) is 2.39. The van der Waals surface area contributed by atoms with Crippen LogP contribution in [0.25, 0.3) is 0 Å². The van der Waals surface area contributed by atoms with Crippen molar-refractivity contribution in [3.05, 3.63) is 15.8 Å². The molecule has 17 heavy (non-hydrogen) atoms. The summed E-state index contributed by atoms with van der Waals surface area (Å²) in [6.07, 6.45) is 0.897. The number of aryl methyl sites for hydroxylation is 2. The van der Waals surface area contributed by atoms with Crippen molar-refractivity contribution >= 4 is 11.5 Å². The zero-order valence-corrected chi connectivity index (χ0v) is 10.9. The van der Waals surface area contributed by atoms with Crippen molar-refractivity contribution in [1.29, 1.82) is 0 Å². The normalized spacial score (nSPS) is 10.9. The molecule has 6 heteroatoms. The fourth-order valence-electron chi connectivity index (χ4n) is 1.64. The van der Waals surface area contributed by atoms with Gasteiger partial charge in [0.15, 0.2) is 0 Å². The molecule has 0 saturated carbocycles. The number of nitrogens with one attached hydrogen (secondary N) is 1. The smallest absolute Gasteiger partial charge is 0.333 e. The molecule has 0 aliphatic rings. The van der Waals surface area contributed by atoms with Crippen LogP contribution in [-0.2, 0) is 6.54 Å². The molecule has 1 rings (SSSR count). The molecule has 0 atom stereocenters. The summed E-state index contributed by atoms with van der Waals surface area (Å²) in [5.74, 6) is 0.961. The summed E-state index contributed by atoms with van der Waals surface area (Å²) < 4.78 is 1.69. The summed E-state index contributed by atoms with van der Waals surface area (Å²) in [6.45, 7) is 9.21. The van der Waals surface area contributed by atoms with E-state index >= 15 is 0 Å². The van der Waals surface area contributed by atoms with E-state index in [1.54, 1.807) is 11.6 Å². The van der Waals surface area contributed by atoms with Gasteiger partial charge in [-0.1, -0.05) is 20.8 Å². The summed E-state index contributed by atoms with van der Waals surface area (Å²) >= 11 is 0. The second-order valence-corrected chi connectivity index (χ2v) is 4.54. The minimum atomic E-state index is -0.364. The molecule has 0 aliphatic carbocycles. The molecule has 0 amide bonds. The monoisotopic (exact) mass is 240 g/mol. The quantitative estimate of drug-likeness (QED) is 0.612. The van der Waals surface area contributed by atoms with Gasteiger partial charge in [0.05, 0.1) is 4.92 Å². The Balaban J connectivity index is 3.06. The largest absolute Gasteiger partial charge is 0.364 e. The highest BCUT2D eigenvalue weighted by Crippen LogP contribution is 2.28. The molecule has 6 nitrogen and oxygen atoms in total. The van der Waals surface area contributed by atoms with Crippen LogP contribution in [0.4, 0.5) is 11.5 Å². The summed E-state index contributed by atoms with van der Waals surface area (Å²) in [7, 11) is 0. The van der Waals surface area contributed by atoms with E-state index in [1.165, 1.54) is 0 Å². The van der Waals surface area contributed by atoms with Crippen LogP contribution >= 0.6 is 0 Å². The molecular formula is C11H20N4O2. The van der Waals surface area contributed by atoms with Crippen molar-refractivity contribution in [2.24, 2.45) is 5.92 Å². The van der Waals surface area contributed by atoms with Crippen molar-refractivity contribution in [2.45, 2.75) is 40.7 Å². The molecule has 0 aromatic carbocycles. The molecule has 0 aliphatic heterocycles. The number of nitro groups is 1. The molecule has 0 bridgehead atoms. The number of anilines is 1. The highest BCUT2D eigenvalue weighted by Gasteiger charge is 2.24. The number of rotatable bonds is 6. The average Bonchev–Trinajstić information content (AvgIpc) is 2.52. The standard InChI is InChI=1S/C11H20N4O2/c1-5-6-14-11(12-7-8(2)3)10(15(16)17)9(4)13-14/h8,12H,5-7H2,1-4H3. The van der Waals surface area contributed by atoms with Crippen molar-refractivity contribution in [3.63, 3.8) is 0 Å². The summed E-state index contributed by atoms with van der Waals surface area (Å²) in [5, 5.41) is 18.4. The first-order valence-electron chi connectivity index (χ1n) is 5.93. The lowest BCUT2D eigenvalue weighted by Gasteiger charge is -2.10. The zero-order chi connectivity index (χ0) is 13.0. The zero-order valence-electron chi connectivity index (χ0n) is 10.9. The van der Waals surface area contributed by atoms with Crippen molar-refractivity contribution < 1.29 is 4.92 Å². The van der Waals surface area contributed by atoms with Crippen LogP contribution in [0, 0.1) is 23.0 Å². The van der Waals surface area contributed by atoms with Gasteiger partial charge in [0, 0.05) is 13.1 Å². The lowest BCUT2D eigenvalue weighted by atomic mass is 10.2. The van der Waals surface area contributed by atoms with Crippen LogP contribution in [0.15, 0.2) is 0 Å². The van der Waals surface area contributed by atoms with E-state index in [2.05, 4.69) is 24.3 Å². The summed E-state index contributed by atoms with van der Waals surface area (Å²) in [4.78, 5) is 10.7. The van der Waals surface area contributed by atoms with Crippen molar-refractivity contribution in [2.75, 3.05) is 11.9 Å². The first kappa shape index (κ1) is 13.5. The fourth-order valence-corrected chi connectivity index (χ4v) is 1.64. The molecule has 0 fully saturated rings. The van der Waals surface area contributed by atoms with E-state index < -0.39 is 0 Å². The minimum Gasteiger partial charge on any atom is -0.364 e. The van der Waals surface area contributed by atoms with Gasteiger partial charge in [0.1, 0.15) is 5.69 Å². The van der Waals surface area contributed by atoms with Gasteiger partial charge in [-0.3, -0.25) is 10.1 Å². The highest BCUT2D eigenvalue weighted by atomic mass is 16.6. The van der Waals surface area contributed by atoms with Gasteiger partial charge in [-0.2, -0.15) is 5.10 Å². The molecule has 0 spiro atoms. The minimum absolute atomic E-state index is 0.0964. The number of hydrogen-bond acceptors (Lipinski definition) is 4. The van der Waals surface area contributed by atoms with Gasteiger partial charge in [0.25, 0.3) is 0 Å². The van der Waals surface area contributed by atoms with Gasteiger partial charge in [-0.15, -0.1) is 0 Å². The second kappa shape index (κ2) is 5.65. The Morgan fingerprint density at radius 1 is 1.53 bits per heavy atom. The van der Waals surface area contributed by atoms with E-state index in [0.29, 0.717) is 30.5 Å². The predicted molar refractivity (Wildman–Crippen MR) is 67.2 cm³/mol. The Hall–Kier alpha value is -1.59. The van der Waals surface area contributed by atoms with E-state index in [9.17, 15) is 10.1 Å². The molecule has 1 aromatic rings. The average molecular weight is 240 g/mol. The Kier molecular flexibility index (Phi) is 4.48. The van der Waals surface area contributed by atoms with Gasteiger partial charge in [-0.25, -0.2) is 4.68 Å². The molecule has 1 N–H and O–H groups in total. The number of nitrogens with zero attached hydrogens (tertiary/aromatic N) is 3. The molecule has 0 saturated heterocycles. The van der Waals surface area contributed by atoms with Crippen LogP contribution in [0.3, 0.4) is 0 Å². The van der Waals surface area contributed by atoms with Crippen LogP contribution in [0.2, 0.25) is 0 Å². The van der Waals surface area contributed by atoms with Gasteiger partial charge >= 0.3 is 5.69 Å². The van der Waals surface area contributed by atoms with E-state index in [1.807, 2.05) is 6.92 Å². The van der Waals surface area contributed by atoms with Crippen LogP contribution in [0.1, 0.15) is 32.9 Å². The molecular weight excluding hydrogens is 220 g/mol. The Morgan fingerprint density at radius 3 is 2.65 bits per heavy atom. The van der Waals surface area contributed by atoms with Crippen LogP contribution < -0.4 is 5.32 Å². The fraction of sp³-hybridized carbons (Fsp3) is 0.727. The maximum Gasteiger partial charge on any atom is 0.333 e. The maximum atomic E-state index is 11.0. The van der Waals surface area contributed by atoms with E-state index in [-0.39, 0.29) is 10.6 Å². The first-order valence-corrected chi connectivity index (χ1v) is 5.93. The van der Waals surface area contributed by atoms with Gasteiger partial charge in [-0.05, 0) is 19.3 Å². The number of aromatic nitrogens is 2. The third kappa shape index (κ3) is 3.18. The van der Waals surface area contributed by atoms with Crippen LogP contribution in [0.5, 0.6) is 0 Å². The maximum absolute atomic E-state index is 11.0. The Labute approximate surface area is 101 Å². The predicted octanol–water partition coefficient (Wildman–Crippen LogP) is 2.58. The summed E-state index contributed by atoms with van der Waals surface area (Å²) in [5.41, 5.74) is 0.564. The van der Waals surface area contributed by atoms with Crippen LogP contribution in [-0.4, -0.2) is 21.2 Å². The Morgan fingerprint density at radius 2 is 2.18 bits per heavy atom. The van der Waals surface area contributed by atoms with Gasteiger partial charge < -0.3 is 5.32 Å². The molecule has 1 heterocycles. The van der Waals surface area contributed by atoms with E-state index in [4.69, 9.17) is 0 Å². The molecule has 0 radical (unpaired) electrons. The lowest BCUT2D eigenvalue weighted by molar-refractivity contribution is -0.384. The van der Waals surface area contributed by atoms with Crippen molar-refractivity contribution in [3.8, 4) is 0 Å². The second-order valence-electron chi connectivity index (χ2n) is 4.54. The topological polar surface area (TPSA) is 73.0 Å².